The third kappa shape index (κ3) is 1.89. The fourth-order valence-electron chi connectivity index (χ4n) is 2.47. The number of hydrogen-bond acceptors (Lipinski definition) is 3. The number of rotatable bonds is 2. The van der Waals surface area contributed by atoms with Gasteiger partial charge in [-0.15, -0.1) is 0 Å². The van der Waals surface area contributed by atoms with E-state index in [0.29, 0.717) is 6.54 Å². The van der Waals surface area contributed by atoms with Gasteiger partial charge in [0.2, 0.25) is 0 Å². The van der Waals surface area contributed by atoms with Gasteiger partial charge in [-0.25, -0.2) is 9.97 Å². The van der Waals surface area contributed by atoms with Crippen molar-refractivity contribution >= 4 is 11.0 Å². The molecule has 4 heteroatoms. The topological polar surface area (TPSA) is 56.7 Å². The molecule has 0 unspecified atom stereocenters. The van der Waals surface area contributed by atoms with Gasteiger partial charge in [-0.3, -0.25) is 4.57 Å². The van der Waals surface area contributed by atoms with Gasteiger partial charge in [0.1, 0.15) is 12.1 Å². The van der Waals surface area contributed by atoms with Crippen LogP contribution in [0.5, 0.6) is 0 Å². The summed E-state index contributed by atoms with van der Waals surface area (Å²) in [7, 11) is 0. The monoisotopic (exact) mass is 266 g/mol. The number of hydrogen-bond donors (Lipinski definition) is 1. The van der Waals surface area contributed by atoms with Crippen molar-refractivity contribution in [1.82, 2.24) is 14.5 Å². The van der Waals surface area contributed by atoms with Crippen LogP contribution in [0, 0.1) is 20.8 Å². The summed E-state index contributed by atoms with van der Waals surface area (Å²) in [5, 5.41) is 0. The second-order valence-corrected chi connectivity index (χ2v) is 5.17. The predicted octanol–water partition coefficient (Wildman–Crippen LogP) is 2.80. The summed E-state index contributed by atoms with van der Waals surface area (Å²) in [6.45, 7) is 6.74. The standard InChI is InChI=1S/C16H18N4/c1-10-4-5-18-16(13(10)8-17)20-9-19-14-6-11(2)12(3)7-15(14)20/h4-7,9H,8,17H2,1-3H3. The SMILES string of the molecule is Cc1cc2ncn(-c3nccc(C)c3CN)c2cc1C. The minimum absolute atomic E-state index is 0.472. The molecule has 1 aromatic carbocycles. The Bertz CT molecular complexity index is 787. The first-order valence-corrected chi connectivity index (χ1v) is 6.71. The van der Waals surface area contributed by atoms with Crippen molar-refractivity contribution in [2.45, 2.75) is 27.3 Å². The molecule has 0 amide bonds. The number of benzene rings is 1. The molecular weight excluding hydrogens is 248 g/mol. The van der Waals surface area contributed by atoms with E-state index in [-0.39, 0.29) is 0 Å². The van der Waals surface area contributed by atoms with Crippen molar-refractivity contribution < 1.29 is 0 Å². The third-order valence-electron chi connectivity index (χ3n) is 3.86. The van der Waals surface area contributed by atoms with Crippen LogP contribution >= 0.6 is 0 Å². The summed E-state index contributed by atoms with van der Waals surface area (Å²) in [5.74, 6) is 0.873. The number of imidazole rings is 1. The number of aryl methyl sites for hydroxylation is 3. The quantitative estimate of drug-likeness (QED) is 0.776. The highest BCUT2D eigenvalue weighted by molar-refractivity contribution is 5.79. The molecule has 0 atom stereocenters. The Morgan fingerprint density at radius 3 is 2.55 bits per heavy atom. The van der Waals surface area contributed by atoms with E-state index < -0.39 is 0 Å². The van der Waals surface area contributed by atoms with Crippen molar-refractivity contribution in [2.24, 2.45) is 5.73 Å². The zero-order chi connectivity index (χ0) is 14.3. The zero-order valence-electron chi connectivity index (χ0n) is 12.0. The molecule has 0 saturated heterocycles. The maximum Gasteiger partial charge on any atom is 0.143 e. The summed E-state index contributed by atoms with van der Waals surface area (Å²) in [5.41, 5.74) is 12.7. The molecule has 0 aliphatic rings. The van der Waals surface area contributed by atoms with E-state index in [9.17, 15) is 0 Å². The first-order chi connectivity index (χ1) is 9.61. The molecule has 2 heterocycles. The molecule has 0 fully saturated rings. The molecule has 20 heavy (non-hydrogen) atoms. The maximum absolute atomic E-state index is 5.88. The number of nitrogens with two attached hydrogens (primary N) is 1. The predicted molar refractivity (Wildman–Crippen MR) is 81.0 cm³/mol. The van der Waals surface area contributed by atoms with Gasteiger partial charge in [0.05, 0.1) is 11.0 Å². The minimum Gasteiger partial charge on any atom is -0.326 e. The molecular formula is C16H18N4. The number of aromatic nitrogens is 3. The van der Waals surface area contributed by atoms with Crippen LogP contribution in [0.2, 0.25) is 0 Å². The van der Waals surface area contributed by atoms with Gasteiger partial charge in [0, 0.05) is 18.3 Å². The molecule has 0 aliphatic carbocycles. The second kappa shape index (κ2) is 4.72. The van der Waals surface area contributed by atoms with E-state index in [1.54, 1.807) is 0 Å². The van der Waals surface area contributed by atoms with Gasteiger partial charge < -0.3 is 5.73 Å². The lowest BCUT2D eigenvalue weighted by Crippen LogP contribution is -2.08. The Morgan fingerprint density at radius 1 is 1.05 bits per heavy atom. The second-order valence-electron chi connectivity index (χ2n) is 5.17. The Hall–Kier alpha value is -2.20. The van der Waals surface area contributed by atoms with E-state index in [1.165, 1.54) is 11.1 Å². The minimum atomic E-state index is 0.472. The first-order valence-electron chi connectivity index (χ1n) is 6.71. The molecule has 0 spiro atoms. The van der Waals surface area contributed by atoms with Crippen molar-refractivity contribution in [3.05, 3.63) is 53.0 Å². The van der Waals surface area contributed by atoms with Gasteiger partial charge in [-0.2, -0.15) is 0 Å². The van der Waals surface area contributed by atoms with Crippen LogP contribution < -0.4 is 5.73 Å². The lowest BCUT2D eigenvalue weighted by molar-refractivity contribution is 0.937. The molecule has 0 saturated carbocycles. The Labute approximate surface area is 118 Å². The summed E-state index contributed by atoms with van der Waals surface area (Å²) in [6.07, 6.45) is 3.64. The molecule has 4 nitrogen and oxygen atoms in total. The molecule has 3 rings (SSSR count). The highest BCUT2D eigenvalue weighted by Crippen LogP contribution is 2.23. The lowest BCUT2D eigenvalue weighted by Gasteiger charge is -2.11. The normalized spacial score (nSPS) is 11.2. The first kappa shape index (κ1) is 12.8. The molecule has 2 N–H and O–H groups in total. The molecule has 0 aliphatic heterocycles. The molecule has 2 aromatic heterocycles. The molecule has 3 aromatic rings. The van der Waals surface area contributed by atoms with E-state index in [0.717, 1.165) is 28.0 Å². The average molecular weight is 266 g/mol. The van der Waals surface area contributed by atoms with E-state index in [4.69, 9.17) is 5.73 Å². The Morgan fingerprint density at radius 2 is 1.80 bits per heavy atom. The highest BCUT2D eigenvalue weighted by Gasteiger charge is 2.12. The third-order valence-corrected chi connectivity index (χ3v) is 3.86. The summed E-state index contributed by atoms with van der Waals surface area (Å²) < 4.78 is 2.02. The van der Waals surface area contributed by atoms with E-state index >= 15 is 0 Å². The largest absolute Gasteiger partial charge is 0.326 e. The van der Waals surface area contributed by atoms with Crippen LogP contribution in [-0.2, 0) is 6.54 Å². The fraction of sp³-hybridized carbons (Fsp3) is 0.250. The van der Waals surface area contributed by atoms with Crippen molar-refractivity contribution in [3.63, 3.8) is 0 Å². The summed E-state index contributed by atoms with van der Waals surface area (Å²) >= 11 is 0. The molecule has 102 valence electrons. The van der Waals surface area contributed by atoms with E-state index in [1.807, 2.05) is 23.2 Å². The van der Waals surface area contributed by atoms with Gasteiger partial charge in [0.15, 0.2) is 0 Å². The number of fused-ring (bicyclic) bond motifs is 1. The van der Waals surface area contributed by atoms with Crippen LogP contribution in [0.1, 0.15) is 22.3 Å². The molecule has 0 bridgehead atoms. The van der Waals surface area contributed by atoms with Gasteiger partial charge in [-0.1, -0.05) is 0 Å². The van der Waals surface area contributed by atoms with Crippen molar-refractivity contribution in [2.75, 3.05) is 0 Å². The maximum atomic E-state index is 5.88. The summed E-state index contributed by atoms with van der Waals surface area (Å²) in [4.78, 5) is 8.98. The fourth-order valence-corrected chi connectivity index (χ4v) is 2.47. The Balaban J connectivity index is 2.30. The smallest absolute Gasteiger partial charge is 0.143 e. The van der Waals surface area contributed by atoms with Crippen molar-refractivity contribution in [1.29, 1.82) is 0 Å². The lowest BCUT2D eigenvalue weighted by atomic mass is 10.1. The van der Waals surface area contributed by atoms with Crippen LogP contribution in [0.15, 0.2) is 30.7 Å². The van der Waals surface area contributed by atoms with E-state index in [2.05, 4.69) is 42.9 Å². The van der Waals surface area contributed by atoms with Crippen molar-refractivity contribution in [3.8, 4) is 5.82 Å². The number of nitrogens with zero attached hydrogens (tertiary/aromatic N) is 3. The van der Waals surface area contributed by atoms with Crippen LogP contribution in [-0.4, -0.2) is 14.5 Å². The van der Waals surface area contributed by atoms with Crippen LogP contribution in [0.3, 0.4) is 0 Å². The van der Waals surface area contributed by atoms with Crippen LogP contribution in [0.25, 0.3) is 16.9 Å². The number of pyridine rings is 1. The van der Waals surface area contributed by atoms with Gasteiger partial charge >= 0.3 is 0 Å². The van der Waals surface area contributed by atoms with Crippen LogP contribution in [0.4, 0.5) is 0 Å². The van der Waals surface area contributed by atoms with Gasteiger partial charge in [-0.05, 0) is 55.7 Å². The average Bonchev–Trinajstić information content (AvgIpc) is 2.81. The summed E-state index contributed by atoms with van der Waals surface area (Å²) in [6, 6.07) is 6.25. The Kier molecular flexibility index (Phi) is 3.03. The molecule has 0 radical (unpaired) electrons. The highest BCUT2D eigenvalue weighted by atomic mass is 15.1. The van der Waals surface area contributed by atoms with Gasteiger partial charge in [0.25, 0.3) is 0 Å². The zero-order valence-corrected chi connectivity index (χ0v) is 12.0.